The topological polar surface area (TPSA) is 44.4 Å². The molecule has 0 bridgehead atoms. The van der Waals surface area contributed by atoms with E-state index in [0.717, 1.165) is 38.4 Å². The van der Waals surface area contributed by atoms with Crippen molar-refractivity contribution in [3.05, 3.63) is 35.4 Å². The van der Waals surface area contributed by atoms with Gasteiger partial charge in [0.15, 0.2) is 0 Å². The van der Waals surface area contributed by atoms with Crippen molar-refractivity contribution in [3.8, 4) is 0 Å². The van der Waals surface area contributed by atoms with Crippen molar-refractivity contribution in [1.82, 2.24) is 15.5 Å². The Hall–Kier alpha value is -1.04. The largest absolute Gasteiger partial charge is 0.353 e. The van der Waals surface area contributed by atoms with Crippen molar-refractivity contribution in [1.29, 1.82) is 0 Å². The molecule has 2 N–H and O–H groups in total. The van der Waals surface area contributed by atoms with E-state index in [4.69, 9.17) is 0 Å². The fraction of sp³-hybridized carbons (Fsp3) is 0.611. The zero-order valence-electron chi connectivity index (χ0n) is 14.3. The van der Waals surface area contributed by atoms with E-state index in [1.54, 1.807) is 11.8 Å². The lowest BCUT2D eigenvalue weighted by Gasteiger charge is -2.27. The second-order valence-electron chi connectivity index (χ2n) is 5.84. The fourth-order valence-corrected chi connectivity index (χ4v) is 3.76. The highest BCUT2D eigenvalue weighted by molar-refractivity contribution is 7.99. The van der Waals surface area contributed by atoms with Crippen LogP contribution >= 0.6 is 11.8 Å². The standard InChI is InChI=1S/C18H29N3OS/c1-3-21(4-2)11-12-23-14-18(22)20-13-17-16-8-6-5-7-15(16)9-10-19-17/h5-8,17,19H,3-4,9-14H2,1-2H3,(H,20,22). The molecule has 1 aliphatic rings. The lowest BCUT2D eigenvalue weighted by Crippen LogP contribution is -2.39. The molecule has 4 nitrogen and oxygen atoms in total. The molecule has 1 amide bonds. The first kappa shape index (κ1) is 18.3. The van der Waals surface area contributed by atoms with Gasteiger partial charge in [0, 0.05) is 24.9 Å². The van der Waals surface area contributed by atoms with Crippen molar-refractivity contribution in [2.45, 2.75) is 26.3 Å². The summed E-state index contributed by atoms with van der Waals surface area (Å²) in [7, 11) is 0. The van der Waals surface area contributed by atoms with Crippen LogP contribution in [0.2, 0.25) is 0 Å². The lowest BCUT2D eigenvalue weighted by molar-refractivity contribution is -0.118. The summed E-state index contributed by atoms with van der Waals surface area (Å²) in [5, 5.41) is 6.57. The van der Waals surface area contributed by atoms with E-state index in [-0.39, 0.29) is 11.9 Å². The van der Waals surface area contributed by atoms with Gasteiger partial charge in [-0.1, -0.05) is 38.1 Å². The Morgan fingerprint density at radius 2 is 2.13 bits per heavy atom. The van der Waals surface area contributed by atoms with E-state index in [1.165, 1.54) is 11.1 Å². The monoisotopic (exact) mass is 335 g/mol. The molecule has 0 saturated carbocycles. The number of fused-ring (bicyclic) bond motifs is 1. The first-order valence-corrected chi connectivity index (χ1v) is 9.78. The van der Waals surface area contributed by atoms with Gasteiger partial charge in [0.2, 0.25) is 5.91 Å². The highest BCUT2D eigenvalue weighted by Gasteiger charge is 2.19. The molecule has 1 atom stereocenters. The highest BCUT2D eigenvalue weighted by atomic mass is 32.2. The van der Waals surface area contributed by atoms with E-state index in [1.807, 2.05) is 0 Å². The van der Waals surface area contributed by atoms with Crippen LogP contribution in [0.5, 0.6) is 0 Å². The van der Waals surface area contributed by atoms with E-state index in [0.29, 0.717) is 12.3 Å². The molecule has 0 saturated heterocycles. The van der Waals surface area contributed by atoms with Crippen molar-refractivity contribution in [2.24, 2.45) is 0 Å². The fourth-order valence-electron chi connectivity index (χ4n) is 2.94. The van der Waals surface area contributed by atoms with E-state index in [2.05, 4.69) is 53.6 Å². The van der Waals surface area contributed by atoms with Gasteiger partial charge < -0.3 is 15.5 Å². The number of hydrogen-bond donors (Lipinski definition) is 2. The molecule has 5 heteroatoms. The number of rotatable bonds is 9. The number of benzene rings is 1. The molecule has 0 fully saturated rings. The minimum absolute atomic E-state index is 0.138. The zero-order valence-corrected chi connectivity index (χ0v) is 15.1. The summed E-state index contributed by atoms with van der Waals surface area (Å²) in [5.41, 5.74) is 2.73. The third kappa shape index (κ3) is 5.83. The predicted octanol–water partition coefficient (Wildman–Crippen LogP) is 2.06. The van der Waals surface area contributed by atoms with Crippen molar-refractivity contribution in [2.75, 3.05) is 44.2 Å². The van der Waals surface area contributed by atoms with Crippen molar-refractivity contribution in [3.63, 3.8) is 0 Å². The molecule has 1 aromatic carbocycles. The second kappa shape index (κ2) is 9.96. The molecule has 2 rings (SSSR count). The lowest BCUT2D eigenvalue weighted by atomic mass is 9.94. The molecule has 1 unspecified atom stereocenters. The minimum Gasteiger partial charge on any atom is -0.353 e. The number of nitrogens with zero attached hydrogens (tertiary/aromatic N) is 1. The number of carbonyl (C=O) groups excluding carboxylic acids is 1. The summed E-state index contributed by atoms with van der Waals surface area (Å²) < 4.78 is 0. The van der Waals surface area contributed by atoms with Crippen molar-refractivity contribution >= 4 is 17.7 Å². The highest BCUT2D eigenvalue weighted by Crippen LogP contribution is 2.21. The van der Waals surface area contributed by atoms with Gasteiger partial charge in [0.25, 0.3) is 0 Å². The maximum atomic E-state index is 12.0. The second-order valence-corrected chi connectivity index (χ2v) is 6.94. The number of carbonyl (C=O) groups is 1. The number of hydrogen-bond acceptors (Lipinski definition) is 4. The predicted molar refractivity (Wildman–Crippen MR) is 99.0 cm³/mol. The Balaban J connectivity index is 1.67. The normalized spacial score (nSPS) is 17.1. The maximum Gasteiger partial charge on any atom is 0.230 e. The summed E-state index contributed by atoms with van der Waals surface area (Å²) in [6.07, 6.45) is 1.07. The Bertz CT molecular complexity index is 491. The molecule has 0 spiro atoms. The molecule has 128 valence electrons. The first-order valence-electron chi connectivity index (χ1n) is 8.62. The average Bonchev–Trinajstić information content (AvgIpc) is 2.60. The van der Waals surface area contributed by atoms with Gasteiger partial charge in [-0.25, -0.2) is 0 Å². The summed E-state index contributed by atoms with van der Waals surface area (Å²) in [6, 6.07) is 8.76. The van der Waals surface area contributed by atoms with E-state index < -0.39 is 0 Å². The summed E-state index contributed by atoms with van der Waals surface area (Å²) in [4.78, 5) is 14.4. The Labute approximate surface area is 144 Å². The van der Waals surface area contributed by atoms with Crippen LogP contribution in [-0.4, -0.2) is 55.0 Å². The number of nitrogens with one attached hydrogen (secondary N) is 2. The van der Waals surface area contributed by atoms with Gasteiger partial charge in [-0.3, -0.25) is 4.79 Å². The van der Waals surface area contributed by atoms with Crippen LogP contribution in [0.4, 0.5) is 0 Å². The molecule has 0 radical (unpaired) electrons. The van der Waals surface area contributed by atoms with Gasteiger partial charge in [0.05, 0.1) is 5.75 Å². The van der Waals surface area contributed by atoms with Crippen LogP contribution in [0.3, 0.4) is 0 Å². The molecule has 1 heterocycles. The van der Waals surface area contributed by atoms with Crippen LogP contribution in [-0.2, 0) is 11.2 Å². The van der Waals surface area contributed by atoms with Crippen LogP contribution < -0.4 is 10.6 Å². The van der Waals surface area contributed by atoms with Gasteiger partial charge in [-0.2, -0.15) is 11.8 Å². The van der Waals surface area contributed by atoms with Gasteiger partial charge >= 0.3 is 0 Å². The molecule has 0 aliphatic carbocycles. The van der Waals surface area contributed by atoms with Crippen molar-refractivity contribution < 1.29 is 4.79 Å². The quantitative estimate of drug-likeness (QED) is 0.678. The summed E-state index contributed by atoms with van der Waals surface area (Å²) in [6.45, 7) is 9.23. The van der Waals surface area contributed by atoms with Crippen LogP contribution in [0.15, 0.2) is 24.3 Å². The number of amides is 1. The third-order valence-electron chi connectivity index (χ3n) is 4.40. The van der Waals surface area contributed by atoms with E-state index >= 15 is 0 Å². The smallest absolute Gasteiger partial charge is 0.230 e. The molecule has 0 aromatic heterocycles. The van der Waals surface area contributed by atoms with Gasteiger partial charge in [-0.15, -0.1) is 0 Å². The Morgan fingerprint density at radius 1 is 1.35 bits per heavy atom. The van der Waals surface area contributed by atoms with Crippen LogP contribution in [0, 0.1) is 0 Å². The molecule has 23 heavy (non-hydrogen) atoms. The Kier molecular flexibility index (Phi) is 7.92. The summed E-state index contributed by atoms with van der Waals surface area (Å²) >= 11 is 1.72. The first-order chi connectivity index (χ1) is 11.2. The van der Waals surface area contributed by atoms with E-state index in [9.17, 15) is 4.79 Å². The molecule has 1 aromatic rings. The molecular formula is C18H29N3OS. The van der Waals surface area contributed by atoms with Crippen LogP contribution in [0.1, 0.15) is 31.0 Å². The summed E-state index contributed by atoms with van der Waals surface area (Å²) in [5.74, 6) is 1.70. The van der Waals surface area contributed by atoms with Crippen LogP contribution in [0.25, 0.3) is 0 Å². The molecular weight excluding hydrogens is 306 g/mol. The van der Waals surface area contributed by atoms with Gasteiger partial charge in [-0.05, 0) is 37.2 Å². The third-order valence-corrected chi connectivity index (χ3v) is 5.34. The zero-order chi connectivity index (χ0) is 16.5. The SMILES string of the molecule is CCN(CC)CCSCC(=O)NCC1NCCc2ccccc21. The van der Waals surface area contributed by atoms with Gasteiger partial charge in [0.1, 0.15) is 0 Å². The minimum atomic E-state index is 0.138. The average molecular weight is 336 g/mol. The molecule has 1 aliphatic heterocycles. The maximum absolute atomic E-state index is 12.0. The Morgan fingerprint density at radius 3 is 2.91 bits per heavy atom. The number of thioether (sulfide) groups is 1.